The van der Waals surface area contributed by atoms with Crippen LogP contribution in [-0.4, -0.2) is 96.7 Å². The van der Waals surface area contributed by atoms with Crippen LogP contribution in [0.1, 0.15) is 401 Å². The van der Waals surface area contributed by atoms with Gasteiger partial charge in [-0.1, -0.05) is 350 Å². The SMILES string of the molecule is CCCCCCCCCCCCCCCCCC(=O)OC[C@H](COP(=O)(O)OC[C@@H](O)COP(=O)(O)OC[C@@H](COC(=O)CCCCCCCCCCCCC)OC(=O)CCCCCCCCCCC(C)C)OC(=O)CCCCCCCCCCCCCCCCCCC(C)C. The third-order valence-electron chi connectivity index (χ3n) is 18.0. The van der Waals surface area contributed by atoms with Crippen molar-refractivity contribution in [2.75, 3.05) is 39.6 Å². The summed E-state index contributed by atoms with van der Waals surface area (Å²) in [5.41, 5.74) is 0. The van der Waals surface area contributed by atoms with Gasteiger partial charge in [0, 0.05) is 25.7 Å². The van der Waals surface area contributed by atoms with E-state index in [1.54, 1.807) is 0 Å². The minimum Gasteiger partial charge on any atom is -0.462 e. The van der Waals surface area contributed by atoms with E-state index in [1.807, 2.05) is 0 Å². The van der Waals surface area contributed by atoms with E-state index in [-0.39, 0.29) is 25.7 Å². The van der Waals surface area contributed by atoms with Crippen LogP contribution < -0.4 is 0 Å². The predicted molar refractivity (Wildman–Crippen MR) is 391 cm³/mol. The highest BCUT2D eigenvalue weighted by molar-refractivity contribution is 7.47. The zero-order valence-corrected chi connectivity index (χ0v) is 64.5. The zero-order valence-electron chi connectivity index (χ0n) is 62.7. The lowest BCUT2D eigenvalue weighted by Crippen LogP contribution is -2.30. The third-order valence-corrected chi connectivity index (χ3v) is 19.9. The van der Waals surface area contributed by atoms with Gasteiger partial charge in [-0.25, -0.2) is 9.13 Å². The summed E-state index contributed by atoms with van der Waals surface area (Å²) in [6, 6.07) is 0. The lowest BCUT2D eigenvalue weighted by molar-refractivity contribution is -0.161. The second kappa shape index (κ2) is 68.8. The average molecular weight is 1410 g/mol. The molecule has 0 aliphatic rings. The van der Waals surface area contributed by atoms with Gasteiger partial charge in [0.25, 0.3) is 0 Å². The van der Waals surface area contributed by atoms with Crippen LogP contribution in [0.3, 0.4) is 0 Å². The number of phosphoric acid groups is 2. The number of hydrogen-bond acceptors (Lipinski definition) is 15. The Kier molecular flexibility index (Phi) is 67.4. The first kappa shape index (κ1) is 94.1. The molecule has 0 aromatic heterocycles. The van der Waals surface area contributed by atoms with Crippen molar-refractivity contribution in [3.63, 3.8) is 0 Å². The first-order valence-electron chi connectivity index (χ1n) is 40.0. The van der Waals surface area contributed by atoms with Crippen LogP contribution in [0, 0.1) is 11.8 Å². The molecule has 3 N–H and O–H groups in total. The van der Waals surface area contributed by atoms with Crippen LogP contribution in [0.2, 0.25) is 0 Å². The monoisotopic (exact) mass is 1410 g/mol. The summed E-state index contributed by atoms with van der Waals surface area (Å²) in [4.78, 5) is 72.8. The Labute approximate surface area is 588 Å². The molecule has 0 radical (unpaired) electrons. The summed E-state index contributed by atoms with van der Waals surface area (Å²) in [6.45, 7) is 9.59. The number of hydrogen-bond donors (Lipinski definition) is 3. The molecule has 0 saturated heterocycles. The molecule has 0 aromatic rings. The molecule has 5 atom stereocenters. The number of rotatable bonds is 76. The Balaban J connectivity index is 5.23. The summed E-state index contributed by atoms with van der Waals surface area (Å²) in [5.74, 6) is -0.587. The Morgan fingerprint density at radius 2 is 0.479 bits per heavy atom. The molecule has 0 aliphatic heterocycles. The quantitative estimate of drug-likeness (QED) is 0.0222. The molecule has 0 fully saturated rings. The molecular weight excluding hydrogens is 1260 g/mol. The van der Waals surface area contributed by atoms with Gasteiger partial charge < -0.3 is 33.8 Å². The van der Waals surface area contributed by atoms with Gasteiger partial charge in [0.15, 0.2) is 12.2 Å². The first-order valence-corrected chi connectivity index (χ1v) is 43.0. The highest BCUT2D eigenvalue weighted by Crippen LogP contribution is 2.45. The van der Waals surface area contributed by atoms with E-state index in [1.165, 1.54) is 218 Å². The van der Waals surface area contributed by atoms with Crippen molar-refractivity contribution in [2.45, 2.75) is 419 Å². The molecule has 96 heavy (non-hydrogen) atoms. The van der Waals surface area contributed by atoms with Crippen molar-refractivity contribution in [3.8, 4) is 0 Å². The first-order chi connectivity index (χ1) is 46.4. The molecular formula is C77H150O17P2. The van der Waals surface area contributed by atoms with Crippen molar-refractivity contribution in [2.24, 2.45) is 11.8 Å². The maximum absolute atomic E-state index is 13.1. The Morgan fingerprint density at radius 3 is 0.708 bits per heavy atom. The second-order valence-corrected chi connectivity index (χ2v) is 31.6. The number of phosphoric ester groups is 2. The number of aliphatic hydroxyl groups is 1. The highest BCUT2D eigenvalue weighted by atomic mass is 31.2. The molecule has 19 heteroatoms. The van der Waals surface area contributed by atoms with E-state index in [0.29, 0.717) is 25.7 Å². The molecule has 0 bridgehead atoms. The standard InChI is InChI=1S/C77H150O17P2/c1-7-9-11-13-15-17-19-20-23-27-31-35-42-48-54-60-75(80)88-65-72(93-76(81)61-55-49-43-36-32-28-25-22-21-24-26-30-33-39-45-51-57-69(3)4)67-91-95(83,84)89-63-71(78)64-90-96(85,86)92-68-73(94-77(82)62-56-50-44-38-37-40-46-52-58-70(5)6)66-87-74(79)59-53-47-41-34-29-18-16-14-12-10-8-2/h69-73,78H,7-68H2,1-6H3,(H,83,84)(H,85,86)/t71-,72-,73-/m1/s1. The number of ether oxygens (including phenoxy) is 4. The van der Waals surface area contributed by atoms with Crippen molar-refractivity contribution >= 4 is 39.5 Å². The number of unbranched alkanes of at least 4 members (excludes halogenated alkanes) is 46. The van der Waals surface area contributed by atoms with Crippen LogP contribution in [0.25, 0.3) is 0 Å². The molecule has 2 unspecified atom stereocenters. The van der Waals surface area contributed by atoms with Crippen LogP contribution in [0.5, 0.6) is 0 Å². The van der Waals surface area contributed by atoms with Crippen molar-refractivity contribution in [1.29, 1.82) is 0 Å². The topological polar surface area (TPSA) is 237 Å². The number of carbonyl (C=O) groups is 4. The fourth-order valence-electron chi connectivity index (χ4n) is 11.8. The van der Waals surface area contributed by atoms with Gasteiger partial charge >= 0.3 is 39.5 Å². The molecule has 0 heterocycles. The van der Waals surface area contributed by atoms with E-state index in [9.17, 15) is 43.2 Å². The number of esters is 4. The Hall–Kier alpha value is -1.94. The minimum absolute atomic E-state index is 0.105. The smallest absolute Gasteiger partial charge is 0.462 e. The molecule has 0 saturated carbocycles. The number of carbonyl (C=O) groups excluding carboxylic acids is 4. The van der Waals surface area contributed by atoms with E-state index in [2.05, 4.69) is 41.5 Å². The van der Waals surface area contributed by atoms with E-state index in [4.69, 9.17) is 37.0 Å². The summed E-state index contributed by atoms with van der Waals surface area (Å²) >= 11 is 0. The third kappa shape index (κ3) is 70.5. The maximum Gasteiger partial charge on any atom is 0.472 e. The Bertz CT molecular complexity index is 1860. The van der Waals surface area contributed by atoms with Crippen molar-refractivity contribution in [3.05, 3.63) is 0 Å². The normalized spacial score (nSPS) is 14.0. The molecule has 0 aromatic carbocycles. The summed E-state index contributed by atoms with van der Waals surface area (Å²) in [6.07, 6.45) is 56.9. The lowest BCUT2D eigenvalue weighted by atomic mass is 10.0. The zero-order chi connectivity index (χ0) is 70.7. The molecule has 0 rings (SSSR count). The minimum atomic E-state index is -4.96. The van der Waals surface area contributed by atoms with Gasteiger partial charge in [-0.15, -0.1) is 0 Å². The second-order valence-electron chi connectivity index (χ2n) is 28.7. The summed E-state index contributed by atoms with van der Waals surface area (Å²) in [5, 5.41) is 10.6. The van der Waals surface area contributed by atoms with Crippen LogP contribution in [0.15, 0.2) is 0 Å². The largest absolute Gasteiger partial charge is 0.472 e. The fraction of sp³-hybridized carbons (Fsp3) is 0.948. The van der Waals surface area contributed by atoms with Crippen LogP contribution >= 0.6 is 15.6 Å². The molecule has 0 aliphatic carbocycles. The molecule has 0 amide bonds. The molecule has 0 spiro atoms. The maximum atomic E-state index is 13.1. The Morgan fingerprint density at radius 1 is 0.281 bits per heavy atom. The van der Waals surface area contributed by atoms with Gasteiger partial charge in [0.2, 0.25) is 0 Å². The van der Waals surface area contributed by atoms with E-state index >= 15 is 0 Å². The summed E-state index contributed by atoms with van der Waals surface area (Å²) in [7, 11) is -9.91. The van der Waals surface area contributed by atoms with Crippen LogP contribution in [0.4, 0.5) is 0 Å². The van der Waals surface area contributed by atoms with Gasteiger partial charge in [-0.3, -0.25) is 37.3 Å². The van der Waals surface area contributed by atoms with Gasteiger partial charge in [-0.05, 0) is 37.5 Å². The van der Waals surface area contributed by atoms with Crippen molar-refractivity contribution in [1.82, 2.24) is 0 Å². The predicted octanol–water partition coefficient (Wildman–Crippen LogP) is 22.7. The summed E-state index contributed by atoms with van der Waals surface area (Å²) < 4.78 is 68.5. The van der Waals surface area contributed by atoms with Gasteiger partial charge in [-0.2, -0.15) is 0 Å². The van der Waals surface area contributed by atoms with Gasteiger partial charge in [0.1, 0.15) is 19.3 Å². The highest BCUT2D eigenvalue weighted by Gasteiger charge is 2.30. The van der Waals surface area contributed by atoms with E-state index in [0.717, 1.165) is 102 Å². The van der Waals surface area contributed by atoms with Gasteiger partial charge in [0.05, 0.1) is 26.4 Å². The van der Waals surface area contributed by atoms with Crippen LogP contribution in [-0.2, 0) is 65.4 Å². The molecule has 17 nitrogen and oxygen atoms in total. The lowest BCUT2D eigenvalue weighted by Gasteiger charge is -2.21. The molecule has 570 valence electrons. The fourth-order valence-corrected chi connectivity index (χ4v) is 13.4. The van der Waals surface area contributed by atoms with Crippen molar-refractivity contribution < 1.29 is 80.2 Å². The van der Waals surface area contributed by atoms with E-state index < -0.39 is 97.5 Å². The average Bonchev–Trinajstić information content (AvgIpc) is 1.11. The number of aliphatic hydroxyl groups excluding tert-OH is 1.